The number of hydrogen-bond acceptors (Lipinski definition) is 5. The first-order valence-corrected chi connectivity index (χ1v) is 6.99. The lowest BCUT2D eigenvalue weighted by Crippen LogP contribution is -2.19. The van der Waals surface area contributed by atoms with E-state index >= 15 is 0 Å². The highest BCUT2D eigenvalue weighted by molar-refractivity contribution is 7.86. The molecule has 1 aromatic carbocycles. The molecule has 0 aliphatic rings. The van der Waals surface area contributed by atoms with E-state index in [-0.39, 0.29) is 22.3 Å². The van der Waals surface area contributed by atoms with Crippen molar-refractivity contribution in [2.24, 2.45) is 5.92 Å². The van der Waals surface area contributed by atoms with E-state index in [9.17, 15) is 13.2 Å². The molecule has 0 aromatic heterocycles. The number of phenolic OH excluding ortho intramolecular Hbond substituents is 1. The Balaban J connectivity index is 2.71. The molecule has 6 heteroatoms. The number of carbonyl (C=O) groups excluding carboxylic acids is 1. The van der Waals surface area contributed by atoms with Gasteiger partial charge in [0.1, 0.15) is 12.4 Å². The van der Waals surface area contributed by atoms with E-state index in [1.807, 2.05) is 6.92 Å². The van der Waals surface area contributed by atoms with Crippen LogP contribution in [0.25, 0.3) is 0 Å². The summed E-state index contributed by atoms with van der Waals surface area (Å²) in [4.78, 5) is 11.4. The van der Waals surface area contributed by atoms with Gasteiger partial charge in [0, 0.05) is 5.92 Å². The third-order valence-electron chi connectivity index (χ3n) is 2.64. The predicted octanol–water partition coefficient (Wildman–Crippen LogP) is 1.71. The third-order valence-corrected chi connectivity index (χ3v) is 3.92. The molecular formula is C12H16O5S. The first kappa shape index (κ1) is 14.7. The van der Waals surface area contributed by atoms with Crippen LogP contribution in [-0.2, 0) is 19.1 Å². The molecule has 0 fully saturated rings. The summed E-state index contributed by atoms with van der Waals surface area (Å²) in [6, 6.07) is 4.93. The van der Waals surface area contributed by atoms with Crippen LogP contribution in [0, 0.1) is 5.92 Å². The molecule has 18 heavy (non-hydrogen) atoms. The number of phenols is 1. The Kier molecular flexibility index (Phi) is 4.86. The van der Waals surface area contributed by atoms with Crippen molar-refractivity contribution in [2.75, 3.05) is 6.61 Å². The summed E-state index contributed by atoms with van der Waals surface area (Å²) in [5.41, 5.74) is 0. The fourth-order valence-electron chi connectivity index (χ4n) is 1.19. The highest BCUT2D eigenvalue weighted by Crippen LogP contribution is 2.16. The van der Waals surface area contributed by atoms with Gasteiger partial charge in [-0.2, -0.15) is 8.42 Å². The summed E-state index contributed by atoms with van der Waals surface area (Å²) in [5, 5.41) is 9.06. The van der Waals surface area contributed by atoms with Crippen molar-refractivity contribution in [3.8, 4) is 5.75 Å². The number of benzene rings is 1. The number of hydrogen-bond donors (Lipinski definition) is 1. The van der Waals surface area contributed by atoms with Gasteiger partial charge in [0.15, 0.2) is 5.78 Å². The van der Waals surface area contributed by atoms with Crippen LogP contribution in [0.5, 0.6) is 5.75 Å². The van der Waals surface area contributed by atoms with Crippen LogP contribution >= 0.6 is 0 Å². The molecule has 0 radical (unpaired) electrons. The maximum absolute atomic E-state index is 11.7. The van der Waals surface area contributed by atoms with E-state index in [0.29, 0.717) is 6.42 Å². The van der Waals surface area contributed by atoms with Gasteiger partial charge in [-0.15, -0.1) is 0 Å². The number of aromatic hydroxyl groups is 1. The van der Waals surface area contributed by atoms with Crippen LogP contribution in [0.4, 0.5) is 0 Å². The average Bonchev–Trinajstić information content (AvgIpc) is 2.35. The normalized spacial score (nSPS) is 13.2. The van der Waals surface area contributed by atoms with Gasteiger partial charge in [0.25, 0.3) is 10.1 Å². The topological polar surface area (TPSA) is 80.7 Å². The Labute approximate surface area is 107 Å². The van der Waals surface area contributed by atoms with E-state index in [0.717, 1.165) is 0 Å². The smallest absolute Gasteiger partial charge is 0.297 e. The minimum Gasteiger partial charge on any atom is -0.508 e. The molecule has 0 saturated heterocycles. The second-order valence-electron chi connectivity index (χ2n) is 3.99. The molecule has 1 atom stereocenters. The fourth-order valence-corrected chi connectivity index (χ4v) is 2.06. The van der Waals surface area contributed by atoms with Gasteiger partial charge < -0.3 is 5.11 Å². The van der Waals surface area contributed by atoms with Crippen molar-refractivity contribution in [3.63, 3.8) is 0 Å². The molecule has 1 rings (SSSR count). The van der Waals surface area contributed by atoms with Crippen LogP contribution < -0.4 is 0 Å². The zero-order valence-electron chi connectivity index (χ0n) is 10.3. The van der Waals surface area contributed by atoms with Crippen molar-refractivity contribution < 1.29 is 22.5 Å². The van der Waals surface area contributed by atoms with E-state index in [2.05, 4.69) is 4.18 Å². The third kappa shape index (κ3) is 3.82. The molecule has 0 bridgehead atoms. The van der Waals surface area contributed by atoms with Crippen LogP contribution in [0.15, 0.2) is 29.2 Å². The second kappa shape index (κ2) is 5.97. The molecule has 1 unspecified atom stereocenters. The van der Waals surface area contributed by atoms with Crippen LogP contribution in [0.1, 0.15) is 20.3 Å². The standard InChI is InChI=1S/C12H16O5S/c1-3-9(2)12(14)8-17-18(15,16)11-6-4-10(13)5-7-11/h4-7,9,13H,3,8H2,1-2H3. The minimum atomic E-state index is -3.95. The largest absolute Gasteiger partial charge is 0.508 e. The van der Waals surface area contributed by atoms with Crippen molar-refractivity contribution >= 4 is 15.9 Å². The van der Waals surface area contributed by atoms with Gasteiger partial charge in [-0.1, -0.05) is 13.8 Å². The quantitative estimate of drug-likeness (QED) is 0.797. The van der Waals surface area contributed by atoms with Crippen LogP contribution in [0.2, 0.25) is 0 Å². The van der Waals surface area contributed by atoms with E-state index in [4.69, 9.17) is 5.11 Å². The van der Waals surface area contributed by atoms with Gasteiger partial charge in [0.05, 0.1) is 4.90 Å². The lowest BCUT2D eigenvalue weighted by atomic mass is 10.1. The molecule has 0 aliphatic heterocycles. The average molecular weight is 272 g/mol. The van der Waals surface area contributed by atoms with Gasteiger partial charge >= 0.3 is 0 Å². The molecule has 0 heterocycles. The Hall–Kier alpha value is -1.40. The van der Waals surface area contributed by atoms with Crippen molar-refractivity contribution in [2.45, 2.75) is 25.2 Å². The molecule has 1 N–H and O–H groups in total. The first-order valence-electron chi connectivity index (χ1n) is 5.58. The van der Waals surface area contributed by atoms with Crippen molar-refractivity contribution in [1.29, 1.82) is 0 Å². The lowest BCUT2D eigenvalue weighted by molar-refractivity contribution is -0.124. The molecule has 0 spiro atoms. The Morgan fingerprint density at radius 1 is 1.33 bits per heavy atom. The highest BCUT2D eigenvalue weighted by atomic mass is 32.2. The molecule has 100 valence electrons. The maximum atomic E-state index is 11.7. The minimum absolute atomic E-state index is 0.0374. The lowest BCUT2D eigenvalue weighted by Gasteiger charge is -2.08. The van der Waals surface area contributed by atoms with E-state index in [1.165, 1.54) is 24.3 Å². The molecule has 0 amide bonds. The van der Waals surface area contributed by atoms with Crippen LogP contribution in [-0.4, -0.2) is 25.9 Å². The molecule has 0 saturated carbocycles. The predicted molar refractivity (Wildman–Crippen MR) is 65.7 cm³/mol. The summed E-state index contributed by atoms with van der Waals surface area (Å²) >= 11 is 0. The number of Topliss-reactive ketones (excluding diaryl/α,β-unsaturated/α-hetero) is 1. The molecule has 0 aliphatic carbocycles. The summed E-state index contributed by atoms with van der Waals surface area (Å²) in [6.07, 6.45) is 0.640. The molecule has 1 aromatic rings. The van der Waals surface area contributed by atoms with Gasteiger partial charge in [-0.3, -0.25) is 8.98 Å². The summed E-state index contributed by atoms with van der Waals surface area (Å²) in [5.74, 6) is -0.510. The molecule has 5 nitrogen and oxygen atoms in total. The van der Waals surface area contributed by atoms with E-state index < -0.39 is 16.7 Å². The van der Waals surface area contributed by atoms with Gasteiger partial charge in [-0.05, 0) is 30.7 Å². The van der Waals surface area contributed by atoms with Crippen molar-refractivity contribution in [3.05, 3.63) is 24.3 Å². The maximum Gasteiger partial charge on any atom is 0.297 e. The zero-order valence-corrected chi connectivity index (χ0v) is 11.1. The highest BCUT2D eigenvalue weighted by Gasteiger charge is 2.19. The Morgan fingerprint density at radius 2 is 1.89 bits per heavy atom. The van der Waals surface area contributed by atoms with E-state index in [1.54, 1.807) is 6.92 Å². The second-order valence-corrected chi connectivity index (χ2v) is 5.60. The van der Waals surface area contributed by atoms with Crippen LogP contribution in [0.3, 0.4) is 0 Å². The van der Waals surface area contributed by atoms with Gasteiger partial charge in [-0.25, -0.2) is 0 Å². The summed E-state index contributed by atoms with van der Waals surface area (Å²) < 4.78 is 28.1. The summed E-state index contributed by atoms with van der Waals surface area (Å²) in [6.45, 7) is 3.11. The van der Waals surface area contributed by atoms with Crippen molar-refractivity contribution in [1.82, 2.24) is 0 Å². The summed E-state index contributed by atoms with van der Waals surface area (Å²) in [7, 11) is -3.95. The zero-order chi connectivity index (χ0) is 13.8. The first-order chi connectivity index (χ1) is 8.36. The number of carbonyl (C=O) groups is 1. The number of rotatable bonds is 6. The molecular weight excluding hydrogens is 256 g/mol. The Bertz CT molecular complexity index is 504. The number of ketones is 1. The SMILES string of the molecule is CCC(C)C(=O)COS(=O)(=O)c1ccc(O)cc1. The monoisotopic (exact) mass is 272 g/mol. The van der Waals surface area contributed by atoms with Gasteiger partial charge in [0.2, 0.25) is 0 Å². The fraction of sp³-hybridized carbons (Fsp3) is 0.417. The Morgan fingerprint density at radius 3 is 2.39 bits per heavy atom.